The molecule has 2 fully saturated rings. The summed E-state index contributed by atoms with van der Waals surface area (Å²) in [4.78, 5) is 26.6. The molecule has 8 nitrogen and oxygen atoms in total. The van der Waals surface area contributed by atoms with Crippen molar-refractivity contribution in [2.45, 2.75) is 83.9 Å². The average molecular weight is 569 g/mol. The summed E-state index contributed by atoms with van der Waals surface area (Å²) in [7, 11) is 1.56. The summed E-state index contributed by atoms with van der Waals surface area (Å²) in [6.45, 7) is 8.30. The first-order chi connectivity index (χ1) is 19.5. The highest BCUT2D eigenvalue weighted by Crippen LogP contribution is 2.54. The molecule has 2 bridgehead atoms. The number of carbonyl (C=O) groups excluding carboxylic acids is 2. The second kappa shape index (κ2) is 13.1. The Morgan fingerprint density at radius 2 is 1.59 bits per heavy atom. The Morgan fingerprint density at radius 3 is 2.24 bits per heavy atom. The van der Waals surface area contributed by atoms with Gasteiger partial charge in [-0.1, -0.05) is 76.2 Å². The van der Waals surface area contributed by atoms with Gasteiger partial charge < -0.3 is 28.8 Å². The Kier molecular flexibility index (Phi) is 10.0. The fourth-order valence-electron chi connectivity index (χ4n) is 6.64. The first-order valence-corrected chi connectivity index (χ1v) is 14.3. The van der Waals surface area contributed by atoms with E-state index in [0.717, 1.165) is 5.56 Å². The maximum Gasteiger partial charge on any atom is 0.338 e. The number of Topliss-reactive ketones (excluding diaryl/α,β-unsaturated/α-hetero) is 1. The summed E-state index contributed by atoms with van der Waals surface area (Å²) in [6, 6.07) is 18.6. The van der Waals surface area contributed by atoms with Crippen molar-refractivity contribution in [3.05, 3.63) is 71.8 Å². The maximum absolute atomic E-state index is 13.4. The van der Waals surface area contributed by atoms with Crippen LogP contribution < -0.4 is 0 Å². The molecular formula is C33H44O8. The molecule has 0 heterocycles. The Bertz CT molecular complexity index is 1150. The van der Waals surface area contributed by atoms with Crippen LogP contribution in [-0.2, 0) is 35.1 Å². The van der Waals surface area contributed by atoms with Gasteiger partial charge in [-0.05, 0) is 41.9 Å². The van der Waals surface area contributed by atoms with Gasteiger partial charge in [-0.15, -0.1) is 0 Å². The van der Waals surface area contributed by atoms with Crippen LogP contribution >= 0.6 is 0 Å². The van der Waals surface area contributed by atoms with Crippen molar-refractivity contribution < 1.29 is 38.4 Å². The summed E-state index contributed by atoms with van der Waals surface area (Å²) >= 11 is 0. The van der Waals surface area contributed by atoms with Crippen LogP contribution in [0.4, 0.5) is 0 Å². The van der Waals surface area contributed by atoms with Crippen molar-refractivity contribution in [3.63, 3.8) is 0 Å². The highest BCUT2D eigenvalue weighted by Gasteiger charge is 2.62. The number of ketones is 1. The smallest absolute Gasteiger partial charge is 0.338 e. The number of rotatable bonds is 10. The van der Waals surface area contributed by atoms with E-state index in [1.165, 1.54) is 0 Å². The molecule has 0 aromatic heterocycles. The third kappa shape index (κ3) is 6.89. The van der Waals surface area contributed by atoms with Crippen molar-refractivity contribution >= 4 is 11.8 Å². The molecule has 224 valence electrons. The molecule has 1 N–H and O–H groups in total. The van der Waals surface area contributed by atoms with Gasteiger partial charge in [-0.25, -0.2) is 4.79 Å². The SMILES string of the molecule is COCO[C@H]1[C@@H](OCOCc2ccccc2)C(C)(C)C[C@@H](OC(=O)c2ccccc2)C[C@]2(O)C(=O)CC[C@H]1C2(C)C. The van der Waals surface area contributed by atoms with Crippen LogP contribution in [0.1, 0.15) is 69.3 Å². The zero-order chi connectivity index (χ0) is 29.7. The van der Waals surface area contributed by atoms with Crippen molar-refractivity contribution in [2.75, 3.05) is 20.7 Å². The minimum absolute atomic E-state index is 0.00837. The lowest BCUT2D eigenvalue weighted by Crippen LogP contribution is -2.62. The minimum Gasteiger partial charge on any atom is -0.459 e. The lowest BCUT2D eigenvalue weighted by atomic mass is 9.55. The van der Waals surface area contributed by atoms with E-state index >= 15 is 0 Å². The minimum atomic E-state index is -1.72. The molecule has 0 amide bonds. The third-order valence-electron chi connectivity index (χ3n) is 8.98. The predicted molar refractivity (Wildman–Crippen MR) is 153 cm³/mol. The highest BCUT2D eigenvalue weighted by molar-refractivity contribution is 5.90. The third-order valence-corrected chi connectivity index (χ3v) is 8.98. The van der Waals surface area contributed by atoms with E-state index in [1.807, 2.05) is 64.1 Å². The van der Waals surface area contributed by atoms with Crippen molar-refractivity contribution in [1.82, 2.24) is 0 Å². The van der Waals surface area contributed by atoms with Gasteiger partial charge in [0.2, 0.25) is 0 Å². The lowest BCUT2D eigenvalue weighted by molar-refractivity contribution is -0.232. The number of hydrogen-bond acceptors (Lipinski definition) is 8. The Morgan fingerprint density at radius 1 is 0.927 bits per heavy atom. The Hall–Kier alpha value is -2.62. The van der Waals surface area contributed by atoms with Crippen molar-refractivity contribution in [2.24, 2.45) is 16.7 Å². The zero-order valence-electron chi connectivity index (χ0n) is 24.8. The monoisotopic (exact) mass is 568 g/mol. The number of ether oxygens (including phenoxy) is 5. The van der Waals surface area contributed by atoms with Gasteiger partial charge in [0, 0.05) is 25.4 Å². The molecule has 0 spiro atoms. The molecular weight excluding hydrogens is 524 g/mol. The Labute approximate surface area is 243 Å². The lowest BCUT2D eigenvalue weighted by Gasteiger charge is -2.53. The van der Waals surface area contributed by atoms with Gasteiger partial charge in [-0.2, -0.15) is 0 Å². The van der Waals surface area contributed by atoms with Gasteiger partial charge in [0.15, 0.2) is 5.78 Å². The molecule has 0 radical (unpaired) electrons. The van der Waals surface area contributed by atoms with Crippen LogP contribution in [0.15, 0.2) is 60.7 Å². The molecule has 41 heavy (non-hydrogen) atoms. The van der Waals surface area contributed by atoms with Crippen molar-refractivity contribution in [1.29, 1.82) is 0 Å². The van der Waals surface area contributed by atoms with Crippen molar-refractivity contribution in [3.8, 4) is 0 Å². The molecule has 0 unspecified atom stereocenters. The van der Waals surface area contributed by atoms with Crippen LogP contribution in [0.2, 0.25) is 0 Å². The van der Waals surface area contributed by atoms with Crippen LogP contribution in [0, 0.1) is 16.7 Å². The van der Waals surface area contributed by atoms with Gasteiger partial charge in [0.05, 0.1) is 24.4 Å². The highest BCUT2D eigenvalue weighted by atomic mass is 16.7. The summed E-state index contributed by atoms with van der Waals surface area (Å²) in [5.41, 5.74) is -1.80. The molecule has 0 saturated heterocycles. The van der Waals surface area contributed by atoms with E-state index in [4.69, 9.17) is 23.7 Å². The van der Waals surface area contributed by atoms with Crippen LogP contribution in [-0.4, -0.2) is 61.5 Å². The summed E-state index contributed by atoms with van der Waals surface area (Å²) in [5, 5.41) is 12.1. The van der Waals surface area contributed by atoms with Gasteiger partial charge in [0.1, 0.15) is 25.3 Å². The fourth-order valence-corrected chi connectivity index (χ4v) is 6.64. The molecule has 2 aliphatic carbocycles. The van der Waals surface area contributed by atoms with Crippen LogP contribution in [0.5, 0.6) is 0 Å². The van der Waals surface area contributed by atoms with Crippen LogP contribution in [0.25, 0.3) is 0 Å². The first kappa shape index (κ1) is 31.3. The maximum atomic E-state index is 13.4. The molecule has 2 aromatic rings. The fraction of sp³-hybridized carbons (Fsp3) is 0.576. The topological polar surface area (TPSA) is 101 Å². The largest absolute Gasteiger partial charge is 0.459 e. The van der Waals surface area contributed by atoms with Gasteiger partial charge in [-0.3, -0.25) is 4.79 Å². The molecule has 2 saturated carbocycles. The van der Waals surface area contributed by atoms with E-state index in [1.54, 1.807) is 31.4 Å². The number of aliphatic hydroxyl groups is 1. The Balaban J connectivity index is 1.67. The predicted octanol–water partition coefficient (Wildman–Crippen LogP) is 5.32. The first-order valence-electron chi connectivity index (χ1n) is 14.3. The molecule has 2 aromatic carbocycles. The molecule has 0 aliphatic heterocycles. The quantitative estimate of drug-likeness (QED) is 0.234. The normalized spacial score (nSPS) is 29.2. The standard InChI is InChI=1S/C33H44O8/c1-31(2)18-25(41-30(35)24-14-10-7-11-15-24)19-33(36)27(34)17-16-26(32(33,3)4)28(39-21-37-5)29(31)40-22-38-20-23-12-8-6-9-13-23/h6-15,25-26,28-29,36H,16-22H2,1-5H3/t25-,26-,28-,29-,33+/m1/s1. The van der Waals surface area contributed by atoms with Crippen LogP contribution in [0.3, 0.4) is 0 Å². The summed E-state index contributed by atoms with van der Waals surface area (Å²) in [5.74, 6) is -0.988. The molecule has 2 aliphatic rings. The van der Waals surface area contributed by atoms with E-state index in [-0.39, 0.29) is 38.1 Å². The number of esters is 1. The second-order valence-electron chi connectivity index (χ2n) is 12.5. The van der Waals surface area contributed by atoms with E-state index in [2.05, 4.69) is 0 Å². The average Bonchev–Trinajstić information content (AvgIpc) is 2.95. The number of benzene rings is 2. The van der Waals surface area contributed by atoms with Gasteiger partial charge in [0.25, 0.3) is 0 Å². The summed E-state index contributed by atoms with van der Waals surface area (Å²) in [6.07, 6.45) is -0.755. The van der Waals surface area contributed by atoms with Gasteiger partial charge >= 0.3 is 5.97 Å². The second-order valence-corrected chi connectivity index (χ2v) is 12.5. The van der Waals surface area contributed by atoms with E-state index in [0.29, 0.717) is 25.0 Å². The number of methoxy groups -OCH3 is 1. The number of carbonyl (C=O) groups is 2. The summed E-state index contributed by atoms with van der Waals surface area (Å²) < 4.78 is 30.1. The number of fused-ring (bicyclic) bond motifs is 2. The number of hydrogen-bond donors (Lipinski definition) is 1. The zero-order valence-corrected chi connectivity index (χ0v) is 24.8. The molecule has 8 heteroatoms. The molecule has 5 atom stereocenters. The molecule has 4 rings (SSSR count). The van der Waals surface area contributed by atoms with E-state index < -0.39 is 40.7 Å². The van der Waals surface area contributed by atoms with E-state index in [9.17, 15) is 14.7 Å².